The number of halogens is 8. The Hall–Kier alpha value is -8.86. The van der Waals surface area contributed by atoms with Crippen LogP contribution in [0.5, 0.6) is 0 Å². The number of rotatable bonds is 56. The van der Waals surface area contributed by atoms with Crippen LogP contribution in [0.1, 0.15) is 290 Å². The van der Waals surface area contributed by atoms with E-state index in [1.807, 2.05) is 174 Å². The average molecular weight is 2220 g/mol. The number of ketones is 2. The summed E-state index contributed by atoms with van der Waals surface area (Å²) >= 11 is 7.03. The number of nitrogens with one attached hydrogen (secondary N) is 7. The van der Waals surface area contributed by atoms with Gasteiger partial charge in [-0.25, -0.2) is 47.3 Å². The summed E-state index contributed by atoms with van der Waals surface area (Å²) in [5.74, 6) is -10.1. The minimum Gasteiger partial charge on any atom is -0.391 e. The molecule has 0 aliphatic carbocycles. The fourth-order valence-electron chi connectivity index (χ4n) is 17.5. The molecule has 2 saturated heterocycles. The zero-order chi connectivity index (χ0) is 102. The lowest BCUT2D eigenvalue weighted by Crippen LogP contribution is -2.50. The van der Waals surface area contributed by atoms with Gasteiger partial charge in [-0.2, -0.15) is 0 Å². The number of hydrogen-bond donors (Lipinski definition) is 9. The number of hydrogen-bond acceptors (Lipinski definition) is 20. The molecule has 8 atom stereocenters. The van der Waals surface area contributed by atoms with Crippen molar-refractivity contribution in [2.45, 2.75) is 285 Å². The highest BCUT2D eigenvalue weighted by molar-refractivity contribution is 14.1. The second-order valence-electron chi connectivity index (χ2n) is 39.3. The number of unbranched alkanes of at least 4 members (excludes halogenated alkanes) is 18. The topological polar surface area (TPSA) is 315 Å². The maximum atomic E-state index is 14.7. The van der Waals surface area contributed by atoms with E-state index in [1.54, 1.807) is 34.8 Å². The van der Waals surface area contributed by atoms with Crippen LogP contribution in [0, 0.1) is 78.6 Å². The molecule has 0 radical (unpaired) electrons. The first kappa shape index (κ1) is 116. The number of likely N-dealkylation sites (tertiary alicyclic amines) is 2. The molecule has 2 aliphatic heterocycles. The van der Waals surface area contributed by atoms with E-state index in [0.717, 1.165) is 222 Å². The van der Waals surface area contributed by atoms with Gasteiger partial charge in [0.1, 0.15) is 35.3 Å². The molecule has 34 heteroatoms. The summed E-state index contributed by atoms with van der Waals surface area (Å²) in [4.78, 5) is 134. The van der Waals surface area contributed by atoms with Gasteiger partial charge < -0.3 is 51.5 Å². The Morgan fingerprint density at radius 1 is 0.468 bits per heavy atom. The van der Waals surface area contributed by atoms with E-state index in [1.165, 1.54) is 34.1 Å². The van der Waals surface area contributed by atoms with Crippen LogP contribution in [-0.2, 0) is 38.4 Å². The predicted molar refractivity (Wildman–Crippen MR) is 561 cm³/mol. The van der Waals surface area contributed by atoms with Crippen molar-refractivity contribution in [2.24, 2.45) is 22.7 Å². The van der Waals surface area contributed by atoms with Gasteiger partial charge in [0.05, 0.1) is 104 Å². The van der Waals surface area contributed by atoms with Gasteiger partial charge in [-0.05, 0) is 251 Å². The Morgan fingerprint density at radius 3 is 1.18 bits per heavy atom. The molecule has 2 aliphatic rings. The maximum absolute atomic E-state index is 14.7. The number of thiazole rings is 2. The van der Waals surface area contributed by atoms with Crippen molar-refractivity contribution in [3.8, 4) is 20.9 Å². The predicted octanol–water partition coefficient (Wildman–Crippen LogP) is 22.9. The lowest BCUT2D eigenvalue weighted by atomic mass is 9.76. The van der Waals surface area contributed by atoms with Gasteiger partial charge in [0, 0.05) is 70.6 Å². The van der Waals surface area contributed by atoms with E-state index in [9.17, 15) is 74.9 Å². The highest BCUT2D eigenvalue weighted by Gasteiger charge is 2.47. The molecule has 0 unspecified atom stereocenters. The molecule has 2 aromatic heterocycles. The second-order valence-corrected chi connectivity index (χ2v) is 43.5. The minimum absolute atomic E-state index is 0.0500. The number of aliphatic hydroxyl groups is 2. The zero-order valence-corrected chi connectivity index (χ0v) is 89.1. The molecule has 4 heterocycles. The molecule has 10 rings (SSSR count). The van der Waals surface area contributed by atoms with Crippen molar-refractivity contribution < 1.29 is 84.6 Å². The fraction of sp³-hybridized carbons (Fsp3) is 0.533. The molecule has 770 valence electrons. The number of Topliss-reactive ketones (excluding diaryl/α,β-unsaturated/α-hetero) is 2. The van der Waals surface area contributed by atoms with E-state index in [0.29, 0.717) is 32.8 Å². The number of hydroxylamine groups is 2. The van der Waals surface area contributed by atoms with Crippen molar-refractivity contribution >= 4 is 138 Å². The Morgan fingerprint density at radius 2 is 0.816 bits per heavy atom. The molecule has 9 N–H and O–H groups in total. The number of carbonyl (C=O) groups excluding carboxylic acids is 8. The maximum Gasteiger partial charge on any atom is 0.277 e. The highest BCUT2D eigenvalue weighted by Crippen LogP contribution is 2.40. The van der Waals surface area contributed by atoms with Crippen molar-refractivity contribution in [2.75, 3.05) is 70.2 Å². The van der Waals surface area contributed by atoms with Gasteiger partial charge in [0.2, 0.25) is 23.6 Å². The highest BCUT2D eigenvalue weighted by atomic mass is 127. The second kappa shape index (κ2) is 58.3. The normalized spacial score (nSPS) is 15.7. The third-order valence-corrected chi connectivity index (χ3v) is 29.2. The van der Waals surface area contributed by atoms with E-state index >= 15 is 0 Å². The van der Waals surface area contributed by atoms with Crippen LogP contribution < -0.4 is 37.5 Å². The summed E-state index contributed by atoms with van der Waals surface area (Å²) in [6, 6.07) is 26.1. The van der Waals surface area contributed by atoms with Crippen LogP contribution in [0.15, 0.2) is 120 Å². The number of benzene rings is 6. The quantitative estimate of drug-likeness (QED) is 0.00740. The van der Waals surface area contributed by atoms with E-state index in [2.05, 4.69) is 59.5 Å². The third kappa shape index (κ3) is 37.0. The van der Waals surface area contributed by atoms with Crippen LogP contribution in [0.25, 0.3) is 20.9 Å². The summed E-state index contributed by atoms with van der Waals surface area (Å²) in [5, 5.41) is 35.9. The SMILES string of the molecule is Cc1ncsc1-c1ccc([C@H](C)NC(=O)[C@@H]2C[C@@H](O)CN2C(=O)[C@@H](CC(=O)CCCCCCCCCCCN(C)CCCCONC(=O)c2ccc(F)c(F)c2Nc2ccc(I)cc2F)C(C)(C)C)cc1.Cc1ncsc1-c1ccc([C@H](C)NC(=O)[C@@H]2C[C@@H](O)CN2C(=O)[C@@H](CC(=O)CCCCCCCCCCCNCCCCONC(=O)c2ccc(F)c(F)c2Nc2ccc(I)cc2F)C(C)(C)C)cc1. The summed E-state index contributed by atoms with van der Waals surface area (Å²) < 4.78 is 87.4. The molecule has 6 aromatic carbocycles. The van der Waals surface area contributed by atoms with Gasteiger partial charge in [-0.1, -0.05) is 180 Å². The largest absolute Gasteiger partial charge is 0.391 e. The van der Waals surface area contributed by atoms with Gasteiger partial charge in [0.25, 0.3) is 11.8 Å². The van der Waals surface area contributed by atoms with Crippen LogP contribution in [0.2, 0.25) is 0 Å². The molecule has 141 heavy (non-hydrogen) atoms. The lowest BCUT2D eigenvalue weighted by molar-refractivity contribution is -0.146. The molecule has 24 nitrogen and oxygen atoms in total. The molecular weight excluding hydrogens is 2080 g/mol. The Bertz CT molecular complexity index is 5380. The Kier molecular flexibility index (Phi) is 47.9. The van der Waals surface area contributed by atoms with E-state index < -0.39 is 105 Å². The molecular formula is C107H142F6I2N12O12S2. The fourth-order valence-corrected chi connectivity index (χ4v) is 20.0. The summed E-state index contributed by atoms with van der Waals surface area (Å²) in [7, 11) is 2.08. The number of β-amino-alcohol motifs (C(OH)–C–C–N with tert-alkyl or cyclic N) is 2. The minimum atomic E-state index is -1.30. The zero-order valence-electron chi connectivity index (χ0n) is 83.2. The lowest BCUT2D eigenvalue weighted by Gasteiger charge is -2.35. The van der Waals surface area contributed by atoms with Crippen LogP contribution in [-0.4, -0.2) is 166 Å². The summed E-state index contributed by atoms with van der Waals surface area (Å²) in [6.45, 7) is 23.6. The van der Waals surface area contributed by atoms with Gasteiger partial charge in [-0.3, -0.25) is 48.0 Å². The molecule has 0 saturated carbocycles. The van der Waals surface area contributed by atoms with Crippen molar-refractivity contribution in [1.82, 2.24) is 51.6 Å². The van der Waals surface area contributed by atoms with Gasteiger partial charge >= 0.3 is 0 Å². The summed E-state index contributed by atoms with van der Waals surface area (Å²) in [5.41, 5.74) is 11.5. The molecule has 6 amide bonds. The van der Waals surface area contributed by atoms with Gasteiger partial charge in [0.15, 0.2) is 23.3 Å². The standard InChI is InChI=1S/C54H72F3IN6O6S.C53H70F3IN6O6S/c1-35(37-19-21-38(22-20-37)50-36(2)59-34-71-50)60-52(68)47-32-41(66)33-64(47)53(69)43(54(3,4)5)31-40(65)18-14-12-10-8-7-9-11-13-15-27-63(6)28-16-17-29-70-62-51(67)42-24-25-44(55)48(57)49(42)61-46-26-23-39(58)30-45(46)56;1-34(36-18-20-37(21-19-36)49-35(2)59-33-70-49)60-51(67)46-31-40(65)32-63(46)52(68)42(53(3,4)5)30-39(64)17-13-11-9-7-6-8-10-12-14-26-58-27-15-16-28-69-62-50(66)41-23-24-43(54)47(56)48(41)61-45-25-22-38(57)29-44(45)55/h19-26,30,34-35,41,43,47,61,66H,7-18,27-29,31-33H2,1-6H3,(H,60,68)(H,62,67);18-25,29,33-34,40,42,46,58,61,65H,6-17,26-28,30-32H2,1-5H3,(H,60,67)(H,62,66)/t35-,41+,43+,47-;34-,40+,42+,46-/m00/s1. The average Bonchev–Trinajstić information content (AvgIpc) is 1.56. The number of aryl methyl sites for hydroxylation is 2. The molecule has 8 aromatic rings. The first-order valence-corrected chi connectivity index (χ1v) is 53.5. The number of amides is 6. The number of aliphatic hydroxyl groups excluding tert-OH is 2. The molecule has 0 bridgehead atoms. The van der Waals surface area contributed by atoms with Gasteiger partial charge in [-0.15, -0.1) is 22.7 Å². The molecule has 0 spiro atoms. The number of nitrogens with zero attached hydrogens (tertiary/aromatic N) is 5. The third-order valence-electron chi connectivity index (χ3n) is 25.9. The first-order valence-electron chi connectivity index (χ1n) is 49.5. The number of aromatic nitrogens is 2. The van der Waals surface area contributed by atoms with E-state index in [4.69, 9.17) is 9.68 Å². The summed E-state index contributed by atoms with van der Waals surface area (Å²) in [6.07, 6.45) is 21.9. The van der Waals surface area contributed by atoms with Crippen molar-refractivity contribution in [1.29, 1.82) is 0 Å². The first-order chi connectivity index (χ1) is 67.3. The monoisotopic (exact) mass is 2220 g/mol. The molecule has 2 fully saturated rings. The van der Waals surface area contributed by atoms with Crippen LogP contribution in [0.4, 0.5) is 49.1 Å². The number of anilines is 4. The Balaban J connectivity index is 0.000000315. The smallest absolute Gasteiger partial charge is 0.277 e. The van der Waals surface area contributed by atoms with Crippen molar-refractivity contribution in [3.63, 3.8) is 0 Å². The van der Waals surface area contributed by atoms with Crippen molar-refractivity contribution in [3.05, 3.63) is 196 Å². The number of carbonyl (C=O) groups is 8. The van der Waals surface area contributed by atoms with E-state index in [-0.39, 0.29) is 122 Å². The van der Waals surface area contributed by atoms with Crippen LogP contribution in [0.3, 0.4) is 0 Å². The van der Waals surface area contributed by atoms with Crippen LogP contribution >= 0.6 is 67.9 Å². The Labute approximate surface area is 862 Å².